The molecule has 1 aliphatic heterocycles. The lowest BCUT2D eigenvalue weighted by atomic mass is 10.0. The van der Waals surface area contributed by atoms with Crippen LogP contribution in [-0.2, 0) is 0 Å². The molecule has 0 spiro atoms. The van der Waals surface area contributed by atoms with E-state index in [1.165, 1.54) is 12.1 Å². The number of aromatic hydroxyl groups is 1. The van der Waals surface area contributed by atoms with Crippen molar-refractivity contribution in [3.05, 3.63) is 54.1 Å². The van der Waals surface area contributed by atoms with Crippen molar-refractivity contribution >= 4 is 0 Å². The lowest BCUT2D eigenvalue weighted by molar-refractivity contribution is 0.116. The zero-order valence-corrected chi connectivity index (χ0v) is 14.5. The summed E-state index contributed by atoms with van der Waals surface area (Å²) in [5.41, 5.74) is 0.496. The van der Waals surface area contributed by atoms with Gasteiger partial charge in [0.05, 0.1) is 18.4 Å². The number of β-amino-alcohol motifs (C(OH)–C–C–N with tert-alkyl or cyclic N) is 1. The van der Waals surface area contributed by atoms with Crippen LogP contribution in [0.4, 0.5) is 4.39 Å². The molecule has 26 heavy (non-hydrogen) atoms. The SMILES string of the molecule is Oc1ccc(C(O)CN2C[C@H]3CC(Oc4cccnc4)C[C@H]3C2)cc1F. The molecule has 138 valence electrons. The smallest absolute Gasteiger partial charge is 0.165 e. The van der Waals surface area contributed by atoms with Crippen LogP contribution in [0, 0.1) is 17.7 Å². The molecule has 5 nitrogen and oxygen atoms in total. The van der Waals surface area contributed by atoms with E-state index in [0.29, 0.717) is 23.9 Å². The number of aliphatic hydroxyl groups excluding tert-OH is 1. The molecule has 1 aromatic carbocycles. The van der Waals surface area contributed by atoms with E-state index in [9.17, 15) is 14.6 Å². The first-order valence-electron chi connectivity index (χ1n) is 9.04. The van der Waals surface area contributed by atoms with Crippen LogP contribution in [0.2, 0.25) is 0 Å². The fourth-order valence-electron chi connectivity index (χ4n) is 4.28. The van der Waals surface area contributed by atoms with Gasteiger partial charge in [-0.2, -0.15) is 0 Å². The maximum atomic E-state index is 13.5. The third-order valence-corrected chi connectivity index (χ3v) is 5.51. The van der Waals surface area contributed by atoms with Crippen LogP contribution in [0.3, 0.4) is 0 Å². The second-order valence-corrected chi connectivity index (χ2v) is 7.37. The van der Waals surface area contributed by atoms with Crippen LogP contribution in [-0.4, -0.2) is 45.8 Å². The van der Waals surface area contributed by atoms with E-state index in [2.05, 4.69) is 9.88 Å². The molecule has 1 aliphatic carbocycles. The van der Waals surface area contributed by atoms with E-state index >= 15 is 0 Å². The standard InChI is InChI=1S/C20H23FN2O3/c21-18-8-13(3-4-19(18)24)20(25)12-23-10-14-6-17(7-15(14)11-23)26-16-2-1-5-22-9-16/h1-5,8-9,14-15,17,20,24-25H,6-7,10-12H2/t14-,15+,17?,20?. The Kier molecular flexibility index (Phi) is 4.78. The Hall–Kier alpha value is -2.18. The number of ether oxygens (including phenoxy) is 1. The first kappa shape index (κ1) is 17.2. The van der Waals surface area contributed by atoms with Gasteiger partial charge in [0.15, 0.2) is 11.6 Å². The minimum atomic E-state index is -0.758. The summed E-state index contributed by atoms with van der Waals surface area (Å²) < 4.78 is 19.5. The number of phenols is 1. The lowest BCUT2D eigenvalue weighted by Gasteiger charge is -2.22. The number of fused-ring (bicyclic) bond motifs is 1. The predicted molar refractivity (Wildman–Crippen MR) is 94.3 cm³/mol. The van der Waals surface area contributed by atoms with Crippen molar-refractivity contribution in [3.63, 3.8) is 0 Å². The summed E-state index contributed by atoms with van der Waals surface area (Å²) in [6.07, 6.45) is 4.98. The summed E-state index contributed by atoms with van der Waals surface area (Å²) in [5.74, 6) is 0.867. The third kappa shape index (κ3) is 3.66. The predicted octanol–water partition coefficient (Wildman–Crippen LogP) is 2.75. The summed E-state index contributed by atoms with van der Waals surface area (Å²) in [5, 5.41) is 19.7. The van der Waals surface area contributed by atoms with Gasteiger partial charge in [-0.15, -0.1) is 0 Å². The summed E-state index contributed by atoms with van der Waals surface area (Å²) >= 11 is 0. The van der Waals surface area contributed by atoms with Gasteiger partial charge in [-0.05, 0) is 54.5 Å². The Morgan fingerprint density at radius 2 is 2.00 bits per heavy atom. The number of hydrogen-bond donors (Lipinski definition) is 2. The number of halogens is 1. The van der Waals surface area contributed by atoms with Gasteiger partial charge in [-0.3, -0.25) is 9.88 Å². The van der Waals surface area contributed by atoms with Gasteiger partial charge in [0.2, 0.25) is 0 Å². The zero-order valence-electron chi connectivity index (χ0n) is 14.5. The zero-order chi connectivity index (χ0) is 18.1. The minimum absolute atomic E-state index is 0.229. The van der Waals surface area contributed by atoms with Crippen molar-refractivity contribution in [2.24, 2.45) is 11.8 Å². The van der Waals surface area contributed by atoms with Crippen molar-refractivity contribution in [1.82, 2.24) is 9.88 Å². The van der Waals surface area contributed by atoms with Gasteiger partial charge in [-0.1, -0.05) is 6.07 Å². The first-order chi connectivity index (χ1) is 12.6. The van der Waals surface area contributed by atoms with E-state index in [-0.39, 0.29) is 6.10 Å². The average molecular weight is 358 g/mol. The number of nitrogens with zero attached hydrogens (tertiary/aromatic N) is 2. The van der Waals surface area contributed by atoms with E-state index in [1.54, 1.807) is 18.5 Å². The molecular formula is C20H23FN2O3. The molecule has 0 bridgehead atoms. The maximum absolute atomic E-state index is 13.5. The third-order valence-electron chi connectivity index (χ3n) is 5.51. The number of hydrogen-bond acceptors (Lipinski definition) is 5. The minimum Gasteiger partial charge on any atom is -0.505 e. The topological polar surface area (TPSA) is 65.8 Å². The second-order valence-electron chi connectivity index (χ2n) is 7.37. The Balaban J connectivity index is 1.29. The molecular weight excluding hydrogens is 335 g/mol. The van der Waals surface area contributed by atoms with Gasteiger partial charge in [0.25, 0.3) is 0 Å². The highest BCUT2D eigenvalue weighted by atomic mass is 19.1. The van der Waals surface area contributed by atoms with Gasteiger partial charge in [0, 0.05) is 25.8 Å². The van der Waals surface area contributed by atoms with Crippen LogP contribution >= 0.6 is 0 Å². The largest absolute Gasteiger partial charge is 0.505 e. The molecule has 2 fully saturated rings. The molecule has 4 atom stereocenters. The molecule has 6 heteroatoms. The highest BCUT2D eigenvalue weighted by Gasteiger charge is 2.42. The molecule has 4 rings (SSSR count). The second kappa shape index (κ2) is 7.21. The molecule has 1 aromatic heterocycles. The Morgan fingerprint density at radius 3 is 2.65 bits per heavy atom. The van der Waals surface area contributed by atoms with Gasteiger partial charge in [-0.25, -0.2) is 4.39 Å². The van der Waals surface area contributed by atoms with Crippen molar-refractivity contribution in [3.8, 4) is 11.5 Å². The molecule has 1 saturated carbocycles. The molecule has 2 N–H and O–H groups in total. The Bertz CT molecular complexity index is 744. The maximum Gasteiger partial charge on any atom is 0.165 e. The quantitative estimate of drug-likeness (QED) is 0.860. The van der Waals surface area contributed by atoms with Crippen molar-refractivity contribution in [1.29, 1.82) is 0 Å². The van der Waals surface area contributed by atoms with Crippen LogP contribution in [0.25, 0.3) is 0 Å². The molecule has 2 heterocycles. The molecule has 0 amide bonds. The number of likely N-dealkylation sites (tertiary alicyclic amines) is 1. The van der Waals surface area contributed by atoms with Gasteiger partial charge in [0.1, 0.15) is 5.75 Å². The number of phenolic OH excluding ortho intramolecular Hbond substituents is 1. The van der Waals surface area contributed by atoms with Crippen molar-refractivity contribution in [2.45, 2.75) is 25.0 Å². The lowest BCUT2D eigenvalue weighted by Crippen LogP contribution is -2.29. The van der Waals surface area contributed by atoms with E-state index in [1.807, 2.05) is 12.1 Å². The number of aromatic nitrogens is 1. The van der Waals surface area contributed by atoms with E-state index in [4.69, 9.17) is 4.74 Å². The number of benzene rings is 1. The molecule has 2 aromatic rings. The van der Waals surface area contributed by atoms with Crippen LogP contribution in [0.5, 0.6) is 11.5 Å². The van der Waals surface area contributed by atoms with Crippen molar-refractivity contribution in [2.75, 3.05) is 19.6 Å². The van der Waals surface area contributed by atoms with Gasteiger partial charge < -0.3 is 14.9 Å². The number of pyridine rings is 1. The number of rotatable bonds is 5. The summed E-state index contributed by atoms with van der Waals surface area (Å²) in [7, 11) is 0. The van der Waals surface area contributed by atoms with Crippen LogP contribution in [0.15, 0.2) is 42.7 Å². The molecule has 1 saturated heterocycles. The highest BCUT2D eigenvalue weighted by molar-refractivity contribution is 5.29. The monoisotopic (exact) mass is 358 g/mol. The Labute approximate surface area is 152 Å². The summed E-state index contributed by atoms with van der Waals surface area (Å²) in [6, 6.07) is 7.86. The van der Waals surface area contributed by atoms with Crippen molar-refractivity contribution < 1.29 is 19.3 Å². The number of aliphatic hydroxyl groups is 1. The highest BCUT2D eigenvalue weighted by Crippen LogP contribution is 2.40. The van der Waals surface area contributed by atoms with E-state index in [0.717, 1.165) is 31.7 Å². The Morgan fingerprint density at radius 1 is 1.23 bits per heavy atom. The molecule has 0 radical (unpaired) electrons. The fraction of sp³-hybridized carbons (Fsp3) is 0.450. The normalized spacial score (nSPS) is 26.6. The average Bonchev–Trinajstić information content (AvgIpc) is 3.16. The molecule has 2 unspecified atom stereocenters. The fourth-order valence-corrected chi connectivity index (χ4v) is 4.28. The van der Waals surface area contributed by atoms with Crippen LogP contribution in [0.1, 0.15) is 24.5 Å². The summed E-state index contributed by atoms with van der Waals surface area (Å²) in [6.45, 7) is 2.33. The first-order valence-corrected chi connectivity index (χ1v) is 9.04. The van der Waals surface area contributed by atoms with E-state index < -0.39 is 17.7 Å². The summed E-state index contributed by atoms with van der Waals surface area (Å²) in [4.78, 5) is 6.32. The molecule has 2 aliphatic rings. The van der Waals surface area contributed by atoms with Gasteiger partial charge >= 0.3 is 0 Å². The van der Waals surface area contributed by atoms with Crippen LogP contribution < -0.4 is 4.74 Å².